The molecule has 0 spiro atoms. The molecule has 1 saturated heterocycles. The first kappa shape index (κ1) is 15.2. The molecule has 0 radical (unpaired) electrons. The largest absolute Gasteiger partial charge is 0.370 e. The Hall–Kier alpha value is -1.18. The molecule has 0 unspecified atom stereocenters. The molecule has 1 aliphatic rings. The standard InChI is InChI=1S/C16H23N3S/c1-16(2)6-7-19(8-9-20-16)15-5-4-13(12-18-3)10-14(15)11-17/h4-5,10,18H,6-9,12H2,1-3H3. The van der Waals surface area contributed by atoms with Gasteiger partial charge in [0, 0.05) is 30.1 Å². The predicted molar refractivity (Wildman–Crippen MR) is 87.3 cm³/mol. The summed E-state index contributed by atoms with van der Waals surface area (Å²) in [4.78, 5) is 2.36. The van der Waals surface area contributed by atoms with E-state index in [0.717, 1.165) is 48.6 Å². The summed E-state index contributed by atoms with van der Waals surface area (Å²) in [5, 5.41) is 12.5. The molecule has 20 heavy (non-hydrogen) atoms. The van der Waals surface area contributed by atoms with Crippen LogP contribution in [-0.4, -0.2) is 30.6 Å². The van der Waals surface area contributed by atoms with E-state index in [9.17, 15) is 5.26 Å². The van der Waals surface area contributed by atoms with Crippen molar-refractivity contribution in [1.29, 1.82) is 5.26 Å². The van der Waals surface area contributed by atoms with Crippen molar-refractivity contribution in [3.8, 4) is 6.07 Å². The third-order valence-corrected chi connectivity index (χ3v) is 5.11. The number of hydrogen-bond donors (Lipinski definition) is 1. The van der Waals surface area contributed by atoms with E-state index in [1.165, 1.54) is 0 Å². The van der Waals surface area contributed by atoms with Gasteiger partial charge >= 0.3 is 0 Å². The molecule has 3 nitrogen and oxygen atoms in total. The van der Waals surface area contributed by atoms with E-state index in [-0.39, 0.29) is 0 Å². The van der Waals surface area contributed by atoms with Crippen LogP contribution in [0.2, 0.25) is 0 Å². The average Bonchev–Trinajstić information content (AvgIpc) is 2.60. The zero-order valence-electron chi connectivity index (χ0n) is 12.6. The Morgan fingerprint density at radius 1 is 1.40 bits per heavy atom. The van der Waals surface area contributed by atoms with E-state index in [2.05, 4.69) is 42.3 Å². The Morgan fingerprint density at radius 3 is 2.90 bits per heavy atom. The van der Waals surface area contributed by atoms with Gasteiger partial charge in [-0.15, -0.1) is 0 Å². The zero-order chi connectivity index (χ0) is 14.6. The highest BCUT2D eigenvalue weighted by Gasteiger charge is 2.24. The summed E-state index contributed by atoms with van der Waals surface area (Å²) in [6.45, 7) is 7.47. The molecule has 0 bridgehead atoms. The van der Waals surface area contributed by atoms with E-state index in [1.54, 1.807) is 0 Å². The molecule has 0 amide bonds. The third kappa shape index (κ3) is 3.68. The van der Waals surface area contributed by atoms with Crippen molar-refractivity contribution in [1.82, 2.24) is 5.32 Å². The minimum Gasteiger partial charge on any atom is -0.370 e. The second kappa shape index (κ2) is 6.51. The fourth-order valence-electron chi connectivity index (χ4n) is 2.52. The molecule has 4 heteroatoms. The van der Waals surface area contributed by atoms with Crippen LogP contribution in [0.25, 0.3) is 0 Å². The molecular weight excluding hydrogens is 266 g/mol. The van der Waals surface area contributed by atoms with Gasteiger partial charge in [-0.25, -0.2) is 0 Å². The van der Waals surface area contributed by atoms with Crippen LogP contribution in [0, 0.1) is 11.3 Å². The van der Waals surface area contributed by atoms with Crippen LogP contribution in [-0.2, 0) is 6.54 Å². The SMILES string of the molecule is CNCc1ccc(N2CCSC(C)(C)CC2)c(C#N)c1. The summed E-state index contributed by atoms with van der Waals surface area (Å²) >= 11 is 2.03. The Balaban J connectivity index is 2.22. The molecule has 0 aliphatic carbocycles. The molecule has 0 aromatic heterocycles. The van der Waals surface area contributed by atoms with Gasteiger partial charge in [-0.05, 0) is 31.2 Å². The number of nitrogens with zero attached hydrogens (tertiary/aromatic N) is 2. The summed E-state index contributed by atoms with van der Waals surface area (Å²) in [6.07, 6.45) is 1.15. The molecule has 1 aliphatic heterocycles. The first-order valence-electron chi connectivity index (χ1n) is 7.12. The molecule has 0 saturated carbocycles. The molecule has 1 aromatic rings. The molecule has 1 N–H and O–H groups in total. The smallest absolute Gasteiger partial charge is 0.101 e. The Bertz CT molecular complexity index is 505. The van der Waals surface area contributed by atoms with Crippen LogP contribution in [0.1, 0.15) is 31.4 Å². The first-order valence-corrected chi connectivity index (χ1v) is 8.11. The second-order valence-corrected chi connectivity index (χ2v) is 7.64. The van der Waals surface area contributed by atoms with Crippen LogP contribution in [0.3, 0.4) is 0 Å². The lowest BCUT2D eigenvalue weighted by Crippen LogP contribution is -2.27. The third-order valence-electron chi connectivity index (χ3n) is 3.74. The fourth-order valence-corrected chi connectivity index (χ4v) is 3.62. The number of nitriles is 1. The molecule has 2 rings (SSSR count). The monoisotopic (exact) mass is 289 g/mol. The number of benzene rings is 1. The van der Waals surface area contributed by atoms with Crippen LogP contribution in [0.4, 0.5) is 5.69 Å². The van der Waals surface area contributed by atoms with E-state index in [1.807, 2.05) is 24.9 Å². The van der Waals surface area contributed by atoms with E-state index in [4.69, 9.17) is 0 Å². The Labute approximate surface area is 126 Å². The van der Waals surface area contributed by atoms with E-state index < -0.39 is 0 Å². The predicted octanol–water partition coefficient (Wildman–Crippen LogP) is 3.00. The lowest BCUT2D eigenvalue weighted by Gasteiger charge is -2.25. The van der Waals surface area contributed by atoms with Crippen molar-refractivity contribution < 1.29 is 0 Å². The number of thioether (sulfide) groups is 1. The molecule has 0 atom stereocenters. The van der Waals surface area contributed by atoms with Gasteiger partial charge in [0.2, 0.25) is 0 Å². The van der Waals surface area contributed by atoms with Gasteiger partial charge in [-0.2, -0.15) is 17.0 Å². The van der Waals surface area contributed by atoms with E-state index >= 15 is 0 Å². The highest BCUT2D eigenvalue weighted by molar-refractivity contribution is 8.00. The molecular formula is C16H23N3S. The Morgan fingerprint density at radius 2 is 2.20 bits per heavy atom. The maximum atomic E-state index is 9.41. The van der Waals surface area contributed by atoms with Crippen molar-refractivity contribution in [2.24, 2.45) is 0 Å². The van der Waals surface area contributed by atoms with Crippen LogP contribution in [0.5, 0.6) is 0 Å². The van der Waals surface area contributed by atoms with Gasteiger partial charge in [-0.3, -0.25) is 0 Å². The summed E-state index contributed by atoms with van der Waals surface area (Å²) in [7, 11) is 1.92. The fraction of sp³-hybridized carbons (Fsp3) is 0.562. The van der Waals surface area contributed by atoms with Crippen molar-refractivity contribution in [3.63, 3.8) is 0 Å². The summed E-state index contributed by atoms with van der Waals surface area (Å²) < 4.78 is 0.341. The highest BCUT2D eigenvalue weighted by atomic mass is 32.2. The quantitative estimate of drug-likeness (QED) is 0.928. The van der Waals surface area contributed by atoms with Crippen LogP contribution in [0.15, 0.2) is 18.2 Å². The lowest BCUT2D eigenvalue weighted by atomic mass is 10.1. The van der Waals surface area contributed by atoms with Crippen molar-refractivity contribution >= 4 is 17.4 Å². The van der Waals surface area contributed by atoms with Crippen molar-refractivity contribution in [2.75, 3.05) is 30.8 Å². The molecule has 1 heterocycles. The number of hydrogen-bond acceptors (Lipinski definition) is 4. The maximum Gasteiger partial charge on any atom is 0.101 e. The highest BCUT2D eigenvalue weighted by Crippen LogP contribution is 2.33. The topological polar surface area (TPSA) is 39.1 Å². The maximum absolute atomic E-state index is 9.41. The molecule has 108 valence electrons. The van der Waals surface area contributed by atoms with Gasteiger partial charge in [0.05, 0.1) is 11.3 Å². The van der Waals surface area contributed by atoms with Gasteiger partial charge in [-0.1, -0.05) is 19.9 Å². The number of nitrogens with one attached hydrogen (secondary N) is 1. The normalized spacial score (nSPS) is 18.4. The van der Waals surface area contributed by atoms with Crippen molar-refractivity contribution in [3.05, 3.63) is 29.3 Å². The van der Waals surface area contributed by atoms with Gasteiger partial charge < -0.3 is 10.2 Å². The number of rotatable bonds is 3. The van der Waals surface area contributed by atoms with Gasteiger partial charge in [0.25, 0.3) is 0 Å². The van der Waals surface area contributed by atoms with Crippen LogP contribution >= 0.6 is 11.8 Å². The number of anilines is 1. The lowest BCUT2D eigenvalue weighted by molar-refractivity contribution is 0.637. The van der Waals surface area contributed by atoms with E-state index in [0.29, 0.717) is 4.75 Å². The minimum absolute atomic E-state index is 0.341. The van der Waals surface area contributed by atoms with Crippen LogP contribution < -0.4 is 10.2 Å². The zero-order valence-corrected chi connectivity index (χ0v) is 13.4. The van der Waals surface area contributed by atoms with Gasteiger partial charge in [0.15, 0.2) is 0 Å². The second-order valence-electron chi connectivity index (χ2n) is 5.84. The first-order chi connectivity index (χ1) is 9.55. The minimum atomic E-state index is 0.341. The Kier molecular flexibility index (Phi) is 4.95. The average molecular weight is 289 g/mol. The molecule has 1 aromatic carbocycles. The summed E-state index contributed by atoms with van der Waals surface area (Å²) in [6, 6.07) is 8.59. The summed E-state index contributed by atoms with van der Waals surface area (Å²) in [5.74, 6) is 1.12. The van der Waals surface area contributed by atoms with Crippen molar-refractivity contribution in [2.45, 2.75) is 31.6 Å². The molecule has 1 fully saturated rings. The summed E-state index contributed by atoms with van der Waals surface area (Å²) in [5.41, 5.74) is 3.05. The van der Waals surface area contributed by atoms with Gasteiger partial charge in [0.1, 0.15) is 6.07 Å².